The average molecular weight is 439 g/mol. The molecule has 2 aromatic carbocycles. The van der Waals surface area contributed by atoms with Gasteiger partial charge in [-0.3, -0.25) is 14.5 Å². The van der Waals surface area contributed by atoms with Crippen molar-refractivity contribution in [2.45, 2.75) is 40.0 Å². The first-order valence-electron chi connectivity index (χ1n) is 10.1. The zero-order chi connectivity index (χ0) is 21.7. The summed E-state index contributed by atoms with van der Waals surface area (Å²) in [4.78, 5) is 27.3. The van der Waals surface area contributed by atoms with Gasteiger partial charge in [-0.2, -0.15) is 0 Å². The fourth-order valence-corrected chi connectivity index (χ4v) is 4.50. The second-order valence-corrected chi connectivity index (χ2v) is 9.00. The highest BCUT2D eigenvalue weighted by Gasteiger charge is 2.31. The van der Waals surface area contributed by atoms with E-state index in [0.717, 1.165) is 28.8 Å². The average Bonchev–Trinajstić information content (AvgIpc) is 2.99. The van der Waals surface area contributed by atoms with E-state index in [4.69, 9.17) is 12.2 Å². The van der Waals surface area contributed by atoms with Crippen LogP contribution in [-0.4, -0.2) is 27.6 Å². The summed E-state index contributed by atoms with van der Waals surface area (Å²) in [6.45, 7) is 6.57. The number of hydrogen-bond donors (Lipinski definition) is 1. The minimum atomic E-state index is -0.0838. The molecule has 0 unspecified atom stereocenters. The number of nitrogens with zero attached hydrogens (tertiary/aromatic N) is 1. The summed E-state index contributed by atoms with van der Waals surface area (Å²) in [5.74, 6) is -0.139. The molecule has 0 spiro atoms. The fraction of sp³-hybridized carbons (Fsp3) is 0.292. The second kappa shape index (κ2) is 10.0. The van der Waals surface area contributed by atoms with Crippen LogP contribution in [0.2, 0.25) is 0 Å². The molecule has 0 aromatic heterocycles. The Morgan fingerprint density at radius 3 is 2.60 bits per heavy atom. The first kappa shape index (κ1) is 22.2. The van der Waals surface area contributed by atoms with Crippen molar-refractivity contribution < 1.29 is 9.59 Å². The van der Waals surface area contributed by atoms with E-state index in [0.29, 0.717) is 28.6 Å². The maximum Gasteiger partial charge on any atom is 0.266 e. The third-order valence-corrected chi connectivity index (χ3v) is 6.60. The number of anilines is 1. The monoisotopic (exact) mass is 438 g/mol. The number of thioether (sulfide) groups is 1. The van der Waals surface area contributed by atoms with Crippen molar-refractivity contribution in [2.75, 3.05) is 11.9 Å². The summed E-state index contributed by atoms with van der Waals surface area (Å²) >= 11 is 6.71. The Balaban J connectivity index is 1.54. The largest absolute Gasteiger partial charge is 0.326 e. The van der Waals surface area contributed by atoms with Gasteiger partial charge in [0, 0.05) is 18.7 Å². The number of amides is 2. The van der Waals surface area contributed by atoms with Crippen molar-refractivity contribution in [1.29, 1.82) is 0 Å². The first-order valence-corrected chi connectivity index (χ1v) is 11.3. The number of aryl methyl sites for hydroxylation is 2. The van der Waals surface area contributed by atoms with Crippen LogP contribution >= 0.6 is 24.0 Å². The van der Waals surface area contributed by atoms with Crippen LogP contribution in [0.15, 0.2) is 47.4 Å². The molecule has 0 bridgehead atoms. The van der Waals surface area contributed by atoms with E-state index in [-0.39, 0.29) is 11.8 Å². The van der Waals surface area contributed by atoms with Gasteiger partial charge in [0.15, 0.2) is 0 Å². The normalized spacial score (nSPS) is 15.2. The summed E-state index contributed by atoms with van der Waals surface area (Å²) in [6, 6.07) is 14.0. The quantitative estimate of drug-likeness (QED) is 0.459. The number of benzene rings is 2. The molecule has 0 saturated carbocycles. The highest BCUT2D eigenvalue weighted by molar-refractivity contribution is 8.26. The fourth-order valence-electron chi connectivity index (χ4n) is 3.19. The van der Waals surface area contributed by atoms with Gasteiger partial charge in [0.1, 0.15) is 4.32 Å². The van der Waals surface area contributed by atoms with Crippen molar-refractivity contribution in [3.05, 3.63) is 69.6 Å². The maximum atomic E-state index is 12.7. The lowest BCUT2D eigenvalue weighted by atomic mass is 10.1. The Bertz CT molecular complexity index is 997. The standard InChI is InChI=1S/C24H26N2O2S2/c1-4-18-10-12-19(13-11-18)15-21-23(28)26(24(29)30-21)14-6-9-22(27)25-20-8-5-7-16(2)17(20)3/h5,7-8,10-13,15H,4,6,9,14H2,1-3H3,(H,25,27). The van der Waals surface area contributed by atoms with Crippen LogP contribution in [-0.2, 0) is 16.0 Å². The van der Waals surface area contributed by atoms with Gasteiger partial charge in [0.05, 0.1) is 4.91 Å². The van der Waals surface area contributed by atoms with Crippen LogP contribution in [0.3, 0.4) is 0 Å². The highest BCUT2D eigenvalue weighted by Crippen LogP contribution is 2.32. The van der Waals surface area contributed by atoms with Gasteiger partial charge < -0.3 is 5.32 Å². The Morgan fingerprint density at radius 2 is 1.90 bits per heavy atom. The molecule has 3 rings (SSSR count). The van der Waals surface area contributed by atoms with Crippen molar-refractivity contribution in [2.24, 2.45) is 0 Å². The van der Waals surface area contributed by atoms with E-state index in [1.807, 2.05) is 50.3 Å². The Labute approximate surface area is 187 Å². The van der Waals surface area contributed by atoms with E-state index < -0.39 is 0 Å². The lowest BCUT2D eigenvalue weighted by molar-refractivity contribution is -0.122. The van der Waals surface area contributed by atoms with E-state index in [2.05, 4.69) is 24.4 Å². The smallest absolute Gasteiger partial charge is 0.266 e. The van der Waals surface area contributed by atoms with Crippen LogP contribution in [0.1, 0.15) is 42.0 Å². The minimum absolute atomic E-state index is 0.0549. The first-order chi connectivity index (χ1) is 14.4. The summed E-state index contributed by atoms with van der Waals surface area (Å²) in [6.07, 6.45) is 3.76. The van der Waals surface area contributed by atoms with Gasteiger partial charge in [0.25, 0.3) is 5.91 Å². The van der Waals surface area contributed by atoms with E-state index in [9.17, 15) is 9.59 Å². The molecule has 1 N–H and O–H groups in total. The molecule has 156 valence electrons. The molecular formula is C24H26N2O2S2. The predicted octanol–water partition coefficient (Wildman–Crippen LogP) is 5.49. The van der Waals surface area contributed by atoms with Gasteiger partial charge in [0.2, 0.25) is 5.91 Å². The van der Waals surface area contributed by atoms with Crippen LogP contribution < -0.4 is 5.32 Å². The van der Waals surface area contributed by atoms with Crippen LogP contribution in [0.5, 0.6) is 0 Å². The van der Waals surface area contributed by atoms with Gasteiger partial charge in [-0.1, -0.05) is 67.3 Å². The molecule has 30 heavy (non-hydrogen) atoms. The molecule has 2 aromatic rings. The molecule has 4 nitrogen and oxygen atoms in total. The van der Waals surface area contributed by atoms with E-state index >= 15 is 0 Å². The topological polar surface area (TPSA) is 49.4 Å². The van der Waals surface area contributed by atoms with E-state index in [1.54, 1.807) is 4.90 Å². The Morgan fingerprint density at radius 1 is 1.17 bits per heavy atom. The van der Waals surface area contributed by atoms with E-state index in [1.165, 1.54) is 17.3 Å². The number of carbonyl (C=O) groups is 2. The zero-order valence-corrected chi connectivity index (χ0v) is 19.2. The van der Waals surface area contributed by atoms with Gasteiger partial charge in [-0.15, -0.1) is 0 Å². The van der Waals surface area contributed by atoms with Crippen molar-refractivity contribution in [1.82, 2.24) is 4.90 Å². The molecule has 0 atom stereocenters. The number of rotatable bonds is 7. The van der Waals surface area contributed by atoms with Crippen LogP contribution in [0.4, 0.5) is 5.69 Å². The minimum Gasteiger partial charge on any atom is -0.326 e. The summed E-state index contributed by atoms with van der Waals surface area (Å²) in [5.41, 5.74) is 5.29. The lowest BCUT2D eigenvalue weighted by Crippen LogP contribution is -2.29. The third kappa shape index (κ3) is 5.37. The van der Waals surface area contributed by atoms with Crippen molar-refractivity contribution in [3.63, 3.8) is 0 Å². The Kier molecular flexibility index (Phi) is 7.45. The van der Waals surface area contributed by atoms with Gasteiger partial charge in [-0.05, 0) is 61.1 Å². The Hall–Kier alpha value is -2.44. The molecule has 0 aliphatic carbocycles. The number of nitrogens with one attached hydrogen (secondary N) is 1. The molecule has 1 fully saturated rings. The predicted molar refractivity (Wildman–Crippen MR) is 129 cm³/mol. The molecular weight excluding hydrogens is 412 g/mol. The van der Waals surface area contributed by atoms with Crippen molar-refractivity contribution in [3.8, 4) is 0 Å². The molecule has 2 amide bonds. The van der Waals surface area contributed by atoms with Gasteiger partial charge in [-0.25, -0.2) is 0 Å². The molecule has 1 aliphatic rings. The summed E-state index contributed by atoms with van der Waals surface area (Å²) in [5, 5.41) is 2.96. The number of carbonyl (C=O) groups excluding carboxylic acids is 2. The maximum absolute atomic E-state index is 12.7. The molecule has 6 heteroatoms. The molecule has 1 saturated heterocycles. The zero-order valence-electron chi connectivity index (χ0n) is 17.5. The molecule has 1 aliphatic heterocycles. The molecule has 1 heterocycles. The second-order valence-electron chi connectivity index (χ2n) is 7.33. The van der Waals surface area contributed by atoms with Crippen LogP contribution in [0.25, 0.3) is 6.08 Å². The highest BCUT2D eigenvalue weighted by atomic mass is 32.2. The lowest BCUT2D eigenvalue weighted by Gasteiger charge is -2.14. The summed E-state index contributed by atoms with van der Waals surface area (Å²) < 4.78 is 0.548. The van der Waals surface area contributed by atoms with Crippen molar-refractivity contribution >= 4 is 51.9 Å². The molecule has 0 radical (unpaired) electrons. The summed E-state index contributed by atoms with van der Waals surface area (Å²) in [7, 11) is 0. The SMILES string of the molecule is CCc1ccc(C=C2SC(=S)N(CCCC(=O)Nc3cccc(C)c3C)C2=O)cc1. The third-order valence-electron chi connectivity index (χ3n) is 5.22. The van der Waals surface area contributed by atoms with Gasteiger partial charge >= 0.3 is 0 Å². The number of hydrogen-bond acceptors (Lipinski definition) is 4. The van der Waals surface area contributed by atoms with Crippen LogP contribution in [0, 0.1) is 13.8 Å². The number of thiocarbonyl (C=S) groups is 1.